The van der Waals surface area contributed by atoms with Crippen LogP contribution < -0.4 is 10.1 Å². The highest BCUT2D eigenvalue weighted by Crippen LogP contribution is 2.53. The van der Waals surface area contributed by atoms with Gasteiger partial charge in [0.2, 0.25) is 5.91 Å². The van der Waals surface area contributed by atoms with Crippen molar-refractivity contribution in [2.75, 3.05) is 64.8 Å². The van der Waals surface area contributed by atoms with Crippen LogP contribution in [0.4, 0.5) is 0 Å². The number of ether oxygens (including phenoxy) is 3. The first kappa shape index (κ1) is 38.7. The summed E-state index contributed by atoms with van der Waals surface area (Å²) in [5.41, 5.74) is 3.71. The maximum Gasteiger partial charge on any atom is 0.317 e. The van der Waals surface area contributed by atoms with Gasteiger partial charge in [0.05, 0.1) is 51.2 Å². The monoisotopic (exact) mass is 738 g/mol. The molecule has 1 heterocycles. The fourth-order valence-corrected chi connectivity index (χ4v) is 6.74. The van der Waals surface area contributed by atoms with Gasteiger partial charge in [0.15, 0.2) is 0 Å². The van der Waals surface area contributed by atoms with Crippen LogP contribution in [0.1, 0.15) is 43.7 Å². The Bertz CT molecular complexity index is 1620. The van der Waals surface area contributed by atoms with Crippen LogP contribution in [0.25, 0.3) is 11.1 Å². The molecule has 0 radical (unpaired) electrons. The van der Waals surface area contributed by atoms with Crippen molar-refractivity contribution in [1.82, 2.24) is 20.1 Å². The quantitative estimate of drug-likeness (QED) is 0.0708. The van der Waals surface area contributed by atoms with Crippen LogP contribution in [-0.2, 0) is 36.1 Å². The number of hydrogen-bond acceptors (Lipinski definition) is 10. The number of nitrogens with zero attached hydrogens (tertiary/aromatic N) is 3. The highest BCUT2D eigenvalue weighted by molar-refractivity contribution is 7.99. The third kappa shape index (κ3) is 12.0. The zero-order valence-electron chi connectivity index (χ0n) is 29.1. The molecule has 0 atom stereocenters. The van der Waals surface area contributed by atoms with E-state index in [1.807, 2.05) is 60.6 Å². The zero-order chi connectivity index (χ0) is 36.1. The number of rotatable bonds is 24. The van der Waals surface area contributed by atoms with Gasteiger partial charge in [-0.15, -0.1) is 11.8 Å². The molecule has 2 aliphatic carbocycles. The van der Waals surface area contributed by atoms with E-state index in [0.717, 1.165) is 64.9 Å². The third-order valence-corrected chi connectivity index (χ3v) is 10.2. The number of pyridine rings is 1. The number of aldehydes is 1. The number of carboxylic acids is 1. The largest absolute Gasteiger partial charge is 0.490 e. The topological polar surface area (TPSA) is 131 Å². The highest BCUT2D eigenvalue weighted by atomic mass is 35.5. The summed E-state index contributed by atoms with van der Waals surface area (Å²) >= 11 is 8.27. The fraction of sp³-hybridized carbons (Fsp3) is 0.474. The van der Waals surface area contributed by atoms with Crippen molar-refractivity contribution in [2.24, 2.45) is 0 Å². The number of halogens is 1. The van der Waals surface area contributed by atoms with E-state index in [2.05, 4.69) is 22.4 Å². The molecule has 274 valence electrons. The minimum Gasteiger partial charge on any atom is -0.490 e. The number of para-hydroxylation sites is 1. The predicted octanol–water partition coefficient (Wildman–Crippen LogP) is 5.28. The van der Waals surface area contributed by atoms with E-state index in [1.54, 1.807) is 16.7 Å². The molecule has 3 aromatic rings. The van der Waals surface area contributed by atoms with Crippen LogP contribution in [-0.4, -0.2) is 109 Å². The van der Waals surface area contributed by atoms with Crippen molar-refractivity contribution in [3.05, 3.63) is 77.1 Å². The lowest BCUT2D eigenvalue weighted by Crippen LogP contribution is -2.44. The second kappa shape index (κ2) is 19.4. The van der Waals surface area contributed by atoms with Gasteiger partial charge in [-0.25, -0.2) is 0 Å². The molecule has 0 unspecified atom stereocenters. The number of aliphatic carboxylic acids is 1. The van der Waals surface area contributed by atoms with Crippen LogP contribution in [0.15, 0.2) is 65.8 Å². The van der Waals surface area contributed by atoms with Crippen LogP contribution >= 0.6 is 23.4 Å². The Hall–Kier alpha value is -3.52. The van der Waals surface area contributed by atoms with Gasteiger partial charge in [0, 0.05) is 58.8 Å². The minimum absolute atomic E-state index is 0.0444. The Morgan fingerprint density at radius 1 is 1.08 bits per heavy atom. The molecule has 0 saturated heterocycles. The molecule has 2 saturated carbocycles. The van der Waals surface area contributed by atoms with Gasteiger partial charge in [-0.05, 0) is 73.7 Å². The van der Waals surface area contributed by atoms with Crippen molar-refractivity contribution >= 4 is 41.5 Å². The number of amides is 1. The molecule has 0 spiro atoms. The number of benzene rings is 2. The molecule has 2 fully saturated rings. The first-order chi connectivity index (χ1) is 24.8. The fourth-order valence-electron chi connectivity index (χ4n) is 5.74. The van der Waals surface area contributed by atoms with E-state index in [0.29, 0.717) is 62.9 Å². The van der Waals surface area contributed by atoms with Crippen LogP contribution in [0.2, 0.25) is 5.02 Å². The molecule has 0 bridgehead atoms. The molecular weight excluding hydrogens is 692 g/mol. The summed E-state index contributed by atoms with van der Waals surface area (Å²) in [6, 6.07) is 16.2. The number of carboxylic acid groups (broad SMARTS) is 1. The summed E-state index contributed by atoms with van der Waals surface area (Å²) in [7, 11) is 0. The molecule has 1 aromatic heterocycles. The van der Waals surface area contributed by atoms with Gasteiger partial charge in [-0.1, -0.05) is 36.7 Å². The second-order valence-corrected chi connectivity index (χ2v) is 14.3. The molecule has 2 aromatic carbocycles. The van der Waals surface area contributed by atoms with Crippen molar-refractivity contribution in [3.8, 4) is 16.9 Å². The molecule has 0 aliphatic heterocycles. The zero-order valence-corrected chi connectivity index (χ0v) is 30.6. The lowest BCUT2D eigenvalue weighted by Gasteiger charge is -2.24. The molecule has 11 nitrogen and oxygen atoms in total. The smallest absolute Gasteiger partial charge is 0.317 e. The van der Waals surface area contributed by atoms with Crippen molar-refractivity contribution in [2.45, 2.75) is 55.8 Å². The number of nitrogens with one attached hydrogen (secondary N) is 1. The summed E-state index contributed by atoms with van der Waals surface area (Å²) in [6.45, 7) is 4.94. The van der Waals surface area contributed by atoms with Gasteiger partial charge in [-0.2, -0.15) is 0 Å². The van der Waals surface area contributed by atoms with E-state index >= 15 is 0 Å². The number of likely N-dealkylation sites (N-methyl/N-ethyl adjacent to an activating group) is 1. The van der Waals surface area contributed by atoms with Gasteiger partial charge in [0.25, 0.3) is 0 Å². The Morgan fingerprint density at radius 3 is 2.63 bits per heavy atom. The van der Waals surface area contributed by atoms with E-state index < -0.39 is 11.6 Å². The van der Waals surface area contributed by atoms with Crippen molar-refractivity contribution < 1.29 is 33.7 Å². The predicted molar refractivity (Wildman–Crippen MR) is 197 cm³/mol. The summed E-state index contributed by atoms with van der Waals surface area (Å²) in [4.78, 5) is 43.5. The highest BCUT2D eigenvalue weighted by Gasteiger charge is 2.47. The van der Waals surface area contributed by atoms with Crippen molar-refractivity contribution in [3.63, 3.8) is 0 Å². The minimum atomic E-state index is -1.01. The average Bonchev–Trinajstić information content (AvgIpc) is 4.07. The molecule has 5 rings (SSSR count). The maximum absolute atomic E-state index is 12.4. The second-order valence-electron chi connectivity index (χ2n) is 12.7. The molecular formula is C38H47ClN4O7S. The summed E-state index contributed by atoms with van der Waals surface area (Å²) in [5, 5.41) is 12.7. The Balaban J connectivity index is 1.05. The lowest BCUT2D eigenvalue weighted by molar-refractivity contribution is -0.138. The SMILES string of the molecule is CCN(CC=O)CCN(CC(=O)O)CC(=O)NCCOCCSc1ccc(Cl)c(COC2(c3cnccc3-c3ccccc3OC3CC3)CC2)c1. The van der Waals surface area contributed by atoms with Gasteiger partial charge >= 0.3 is 5.97 Å². The van der Waals surface area contributed by atoms with Crippen LogP contribution in [0.3, 0.4) is 0 Å². The number of aromatic nitrogens is 1. The van der Waals surface area contributed by atoms with Gasteiger partial charge in [-0.3, -0.25) is 24.4 Å². The first-order valence-electron chi connectivity index (χ1n) is 17.5. The van der Waals surface area contributed by atoms with Gasteiger partial charge < -0.3 is 29.4 Å². The molecule has 51 heavy (non-hydrogen) atoms. The van der Waals surface area contributed by atoms with Crippen LogP contribution in [0, 0.1) is 0 Å². The number of carbonyl (C=O) groups excluding carboxylic acids is 2. The summed E-state index contributed by atoms with van der Waals surface area (Å²) in [6.07, 6.45) is 8.86. The summed E-state index contributed by atoms with van der Waals surface area (Å²) in [5.74, 6) is 0.322. The number of carbonyl (C=O) groups is 3. The average molecular weight is 739 g/mol. The normalized spacial score (nSPS) is 14.8. The van der Waals surface area contributed by atoms with E-state index in [1.165, 1.54) is 0 Å². The van der Waals surface area contributed by atoms with E-state index in [-0.39, 0.29) is 25.5 Å². The molecule has 2 N–H and O–H groups in total. The standard InChI is InChI=1S/C38H47ClN4O7S/c1-2-42(18-19-44)16-17-43(26-37(46)47)25-36(45)41-15-20-48-21-22-51-30-9-10-34(39)28(23-30)27-49-38(12-13-38)33-24-40-14-11-31(33)32-5-3-4-6-35(32)50-29-7-8-29/h3-6,9-11,14,19,23-24,29H,2,7-8,12-13,15-18,20-22,25-27H2,1H3,(H,41,45)(H,46,47). The van der Waals surface area contributed by atoms with Crippen LogP contribution in [0.5, 0.6) is 5.75 Å². The third-order valence-electron chi connectivity index (χ3n) is 8.84. The maximum atomic E-state index is 12.4. The van der Waals surface area contributed by atoms with Crippen molar-refractivity contribution in [1.29, 1.82) is 0 Å². The molecule has 2 aliphatic rings. The Morgan fingerprint density at radius 2 is 1.88 bits per heavy atom. The number of thioether (sulfide) groups is 1. The van der Waals surface area contributed by atoms with E-state index in [4.69, 9.17) is 25.8 Å². The number of hydrogen-bond donors (Lipinski definition) is 2. The lowest BCUT2D eigenvalue weighted by atomic mass is 9.96. The molecule has 1 amide bonds. The van der Waals surface area contributed by atoms with Gasteiger partial charge in [0.1, 0.15) is 12.0 Å². The Labute approximate surface area is 309 Å². The Kier molecular flexibility index (Phi) is 14.7. The van der Waals surface area contributed by atoms with E-state index in [9.17, 15) is 19.5 Å². The first-order valence-corrected chi connectivity index (χ1v) is 18.9. The molecule has 13 heteroatoms. The summed E-state index contributed by atoms with van der Waals surface area (Å²) < 4.78 is 18.6.